The number of benzene rings is 1. The van der Waals surface area contributed by atoms with Gasteiger partial charge in [-0.05, 0) is 55.6 Å². The normalized spacial score (nSPS) is 16.9. The van der Waals surface area contributed by atoms with Gasteiger partial charge in [-0.3, -0.25) is 10.2 Å². The summed E-state index contributed by atoms with van der Waals surface area (Å²) in [7, 11) is 3.13. The zero-order valence-corrected chi connectivity index (χ0v) is 20.4. The highest BCUT2D eigenvalue weighted by Crippen LogP contribution is 2.37. The summed E-state index contributed by atoms with van der Waals surface area (Å²) in [5.41, 5.74) is 3.47. The number of amidine groups is 2. The lowest BCUT2D eigenvalue weighted by Gasteiger charge is -2.20. The SMILES string of the molecule is COc1cc(OC)c(-n2c(C)cc(/C=C3\C(=N)N4N=C(SC)SC4=NC3=O)c2C)cc1Cl. The van der Waals surface area contributed by atoms with Gasteiger partial charge in [-0.2, -0.15) is 10.0 Å². The van der Waals surface area contributed by atoms with Crippen LogP contribution in [-0.2, 0) is 4.79 Å². The van der Waals surface area contributed by atoms with Crippen molar-refractivity contribution in [3.05, 3.63) is 45.7 Å². The number of carbonyl (C=O) groups excluding carboxylic acids is 1. The predicted octanol–water partition coefficient (Wildman–Crippen LogP) is 4.70. The molecule has 166 valence electrons. The molecule has 0 radical (unpaired) electrons. The van der Waals surface area contributed by atoms with E-state index in [2.05, 4.69) is 10.1 Å². The maximum atomic E-state index is 12.7. The molecule has 0 atom stereocenters. The fraction of sp³-hybridized carbons (Fsp3) is 0.238. The minimum atomic E-state index is -0.457. The number of aliphatic imine (C=N–C) groups is 1. The van der Waals surface area contributed by atoms with Crippen molar-refractivity contribution in [2.45, 2.75) is 13.8 Å². The lowest BCUT2D eigenvalue weighted by atomic mass is 10.1. The Labute approximate surface area is 198 Å². The second-order valence-corrected chi connectivity index (χ2v) is 9.33. The number of aromatic nitrogens is 1. The topological polar surface area (TPSA) is 92.3 Å². The molecule has 3 heterocycles. The maximum Gasteiger partial charge on any atom is 0.283 e. The van der Waals surface area contributed by atoms with Gasteiger partial charge >= 0.3 is 0 Å². The van der Waals surface area contributed by atoms with Crippen LogP contribution in [0.3, 0.4) is 0 Å². The number of fused-ring (bicyclic) bond motifs is 1. The first kappa shape index (κ1) is 22.5. The van der Waals surface area contributed by atoms with E-state index in [4.69, 9.17) is 26.5 Å². The van der Waals surface area contributed by atoms with Gasteiger partial charge < -0.3 is 14.0 Å². The van der Waals surface area contributed by atoms with Crippen molar-refractivity contribution in [1.82, 2.24) is 9.58 Å². The molecule has 0 spiro atoms. The zero-order valence-electron chi connectivity index (χ0n) is 18.0. The minimum absolute atomic E-state index is 0.00595. The molecular formula is C21H20ClN5O3S2. The molecule has 0 fully saturated rings. The van der Waals surface area contributed by atoms with Crippen LogP contribution in [-0.4, -0.2) is 51.3 Å². The standard InChI is InChI=1S/C21H20ClN5O3S2/c1-10-6-12(7-13-18(23)27-20(24-19(13)28)32-21(25-27)31-5)11(2)26(10)15-8-14(22)16(29-3)9-17(15)30-4/h6-9,23H,1-5H3/b13-7+,23-18?. The van der Waals surface area contributed by atoms with Gasteiger partial charge in [0.25, 0.3) is 5.91 Å². The van der Waals surface area contributed by atoms with Gasteiger partial charge in [0, 0.05) is 17.5 Å². The summed E-state index contributed by atoms with van der Waals surface area (Å²) in [6, 6.07) is 5.45. The van der Waals surface area contributed by atoms with E-state index < -0.39 is 5.91 Å². The van der Waals surface area contributed by atoms with E-state index in [1.165, 1.54) is 28.5 Å². The Bertz CT molecular complexity index is 1250. The second-order valence-electron chi connectivity index (χ2n) is 6.91. The summed E-state index contributed by atoms with van der Waals surface area (Å²) in [4.78, 5) is 16.8. The Kier molecular flexibility index (Phi) is 6.11. The molecule has 4 rings (SSSR count). The van der Waals surface area contributed by atoms with Crippen LogP contribution in [0.5, 0.6) is 11.5 Å². The summed E-state index contributed by atoms with van der Waals surface area (Å²) >= 11 is 9.11. The number of rotatable bonds is 4. The van der Waals surface area contributed by atoms with E-state index in [-0.39, 0.29) is 11.4 Å². The van der Waals surface area contributed by atoms with E-state index in [1.807, 2.05) is 30.7 Å². The van der Waals surface area contributed by atoms with Crippen LogP contribution >= 0.6 is 35.1 Å². The Morgan fingerprint density at radius 2 is 1.91 bits per heavy atom. The highest BCUT2D eigenvalue weighted by atomic mass is 35.5. The zero-order chi connectivity index (χ0) is 23.2. The molecule has 1 amide bonds. The highest BCUT2D eigenvalue weighted by Gasteiger charge is 2.35. The molecule has 2 aliphatic rings. The van der Waals surface area contributed by atoms with Crippen molar-refractivity contribution in [2.24, 2.45) is 10.1 Å². The Morgan fingerprint density at radius 3 is 2.56 bits per heavy atom. The number of hydrogen-bond donors (Lipinski definition) is 1. The lowest BCUT2D eigenvalue weighted by molar-refractivity contribution is -0.114. The first-order valence-electron chi connectivity index (χ1n) is 9.44. The average molecular weight is 490 g/mol. The summed E-state index contributed by atoms with van der Waals surface area (Å²) in [6.45, 7) is 3.88. The summed E-state index contributed by atoms with van der Waals surface area (Å²) in [5, 5.41) is 15.1. The average Bonchev–Trinajstić information content (AvgIpc) is 3.31. The molecule has 2 aliphatic heterocycles. The van der Waals surface area contributed by atoms with Crippen LogP contribution < -0.4 is 9.47 Å². The molecule has 1 aromatic carbocycles. The van der Waals surface area contributed by atoms with Crippen LogP contribution in [0, 0.1) is 19.3 Å². The summed E-state index contributed by atoms with van der Waals surface area (Å²) in [6.07, 6.45) is 3.57. The third-order valence-electron chi connectivity index (χ3n) is 5.07. The molecule has 0 aliphatic carbocycles. The number of carbonyl (C=O) groups is 1. The number of thioether (sulfide) groups is 2. The number of hydrogen-bond acceptors (Lipinski definition) is 7. The van der Waals surface area contributed by atoms with Crippen LogP contribution in [0.4, 0.5) is 0 Å². The van der Waals surface area contributed by atoms with Crippen molar-refractivity contribution in [1.29, 1.82) is 5.41 Å². The molecule has 1 N–H and O–H groups in total. The van der Waals surface area contributed by atoms with E-state index in [1.54, 1.807) is 32.4 Å². The van der Waals surface area contributed by atoms with E-state index in [0.717, 1.165) is 27.0 Å². The number of halogens is 1. The highest BCUT2D eigenvalue weighted by molar-refractivity contribution is 8.45. The first-order valence-corrected chi connectivity index (χ1v) is 11.9. The van der Waals surface area contributed by atoms with Crippen molar-refractivity contribution < 1.29 is 14.3 Å². The summed E-state index contributed by atoms with van der Waals surface area (Å²) < 4.78 is 13.6. The molecule has 0 saturated carbocycles. The Balaban J connectivity index is 1.79. The van der Waals surface area contributed by atoms with E-state index in [0.29, 0.717) is 21.7 Å². The lowest BCUT2D eigenvalue weighted by Crippen LogP contribution is -2.35. The van der Waals surface area contributed by atoms with Crippen molar-refractivity contribution in [3.8, 4) is 17.2 Å². The van der Waals surface area contributed by atoms with Crippen LogP contribution in [0.15, 0.2) is 33.9 Å². The van der Waals surface area contributed by atoms with E-state index in [9.17, 15) is 4.79 Å². The maximum absolute atomic E-state index is 12.7. The second kappa shape index (κ2) is 8.68. The molecule has 11 heteroatoms. The summed E-state index contributed by atoms with van der Waals surface area (Å²) in [5.74, 6) is 0.657. The molecule has 0 unspecified atom stereocenters. The fourth-order valence-corrected chi connectivity index (χ4v) is 5.12. The molecule has 0 bridgehead atoms. The number of ether oxygens (including phenoxy) is 2. The van der Waals surface area contributed by atoms with Crippen LogP contribution in [0.1, 0.15) is 17.0 Å². The Hall–Kier alpha value is -2.69. The largest absolute Gasteiger partial charge is 0.495 e. The molecule has 0 saturated heterocycles. The van der Waals surface area contributed by atoms with Crippen LogP contribution in [0.2, 0.25) is 5.02 Å². The van der Waals surface area contributed by atoms with Gasteiger partial charge in [0.15, 0.2) is 10.2 Å². The number of amides is 1. The monoisotopic (exact) mass is 489 g/mol. The van der Waals surface area contributed by atoms with Crippen LogP contribution in [0.25, 0.3) is 11.8 Å². The third-order valence-corrected chi connectivity index (χ3v) is 7.25. The molecular weight excluding hydrogens is 470 g/mol. The molecule has 1 aromatic heterocycles. The Morgan fingerprint density at radius 1 is 1.19 bits per heavy atom. The fourth-order valence-electron chi connectivity index (χ4n) is 3.54. The number of aryl methyl sites for hydroxylation is 1. The smallest absolute Gasteiger partial charge is 0.283 e. The van der Waals surface area contributed by atoms with Gasteiger partial charge in [-0.25, -0.2) is 0 Å². The third kappa shape index (κ3) is 3.72. The quantitative estimate of drug-likeness (QED) is 0.625. The van der Waals surface area contributed by atoms with Crippen molar-refractivity contribution >= 4 is 62.5 Å². The van der Waals surface area contributed by atoms with Gasteiger partial charge in [0.05, 0.1) is 30.5 Å². The predicted molar refractivity (Wildman–Crippen MR) is 132 cm³/mol. The number of hydrazone groups is 1. The van der Waals surface area contributed by atoms with Crippen molar-refractivity contribution in [3.63, 3.8) is 0 Å². The van der Waals surface area contributed by atoms with Crippen molar-refractivity contribution in [2.75, 3.05) is 20.5 Å². The van der Waals surface area contributed by atoms with Gasteiger partial charge in [0.2, 0.25) is 5.17 Å². The number of nitrogens with zero attached hydrogens (tertiary/aromatic N) is 4. The minimum Gasteiger partial charge on any atom is -0.495 e. The molecule has 8 nitrogen and oxygen atoms in total. The van der Waals surface area contributed by atoms with E-state index >= 15 is 0 Å². The van der Waals surface area contributed by atoms with Gasteiger partial charge in [-0.15, -0.1) is 16.9 Å². The van der Waals surface area contributed by atoms with Gasteiger partial charge in [0.1, 0.15) is 11.5 Å². The first-order chi connectivity index (χ1) is 15.3. The number of nitrogens with one attached hydrogen (secondary N) is 1. The number of methoxy groups -OCH3 is 2. The van der Waals surface area contributed by atoms with Gasteiger partial charge in [-0.1, -0.05) is 11.6 Å². The molecule has 32 heavy (non-hydrogen) atoms. The molecule has 2 aromatic rings.